The highest BCUT2D eigenvalue weighted by Gasteiger charge is 2.08. The summed E-state index contributed by atoms with van der Waals surface area (Å²) in [5.41, 5.74) is 5.88. The number of nitrogen functional groups attached to an aromatic ring is 1. The summed E-state index contributed by atoms with van der Waals surface area (Å²) in [7, 11) is 0. The molecule has 5 nitrogen and oxygen atoms in total. The smallest absolute Gasteiger partial charge is 0.257 e. The highest BCUT2D eigenvalue weighted by molar-refractivity contribution is 6.04. The van der Waals surface area contributed by atoms with Crippen LogP contribution < -0.4 is 11.1 Å². The monoisotopic (exact) mass is 247 g/mol. The lowest BCUT2D eigenvalue weighted by Crippen LogP contribution is -2.12. The highest BCUT2D eigenvalue weighted by Crippen LogP contribution is 2.17. The topological polar surface area (TPSA) is 88.2 Å². The lowest BCUT2D eigenvalue weighted by molar-refractivity contribution is 0.102. The summed E-state index contributed by atoms with van der Waals surface area (Å²) in [4.78, 5) is 15.4. The number of aromatic nitrogens is 1. The van der Waals surface area contributed by atoms with Crippen LogP contribution in [0.2, 0.25) is 0 Å². The molecule has 18 heavy (non-hydrogen) atoms. The molecule has 0 aliphatic carbocycles. The van der Waals surface area contributed by atoms with Gasteiger partial charge in [-0.25, -0.2) is 4.39 Å². The first-order chi connectivity index (χ1) is 8.56. The van der Waals surface area contributed by atoms with Crippen LogP contribution in [0.1, 0.15) is 10.4 Å². The summed E-state index contributed by atoms with van der Waals surface area (Å²) in [5.74, 6) is -1.13. The number of carbonyl (C=O) groups is 1. The van der Waals surface area contributed by atoms with Crippen LogP contribution in [0.5, 0.6) is 5.75 Å². The summed E-state index contributed by atoms with van der Waals surface area (Å²) in [6, 6.07) is 5.13. The first-order valence-corrected chi connectivity index (χ1v) is 5.06. The zero-order valence-corrected chi connectivity index (χ0v) is 9.22. The molecular weight excluding hydrogens is 237 g/mol. The normalized spacial score (nSPS) is 10.1. The maximum Gasteiger partial charge on any atom is 0.257 e. The number of nitrogens with zero attached hydrogens (tertiary/aromatic N) is 1. The number of hydrogen-bond donors (Lipinski definition) is 3. The molecule has 0 radical (unpaired) electrons. The lowest BCUT2D eigenvalue weighted by Gasteiger charge is -2.06. The molecular formula is C12H10FN3O2. The first kappa shape index (κ1) is 11.8. The van der Waals surface area contributed by atoms with Crippen molar-refractivity contribution in [1.82, 2.24) is 4.98 Å². The fourth-order valence-corrected chi connectivity index (χ4v) is 1.38. The van der Waals surface area contributed by atoms with E-state index in [4.69, 9.17) is 5.73 Å². The molecule has 0 aliphatic rings. The van der Waals surface area contributed by atoms with Crippen molar-refractivity contribution >= 4 is 17.3 Å². The van der Waals surface area contributed by atoms with Crippen molar-refractivity contribution in [2.24, 2.45) is 0 Å². The number of pyridine rings is 1. The Morgan fingerprint density at radius 1 is 1.33 bits per heavy atom. The molecule has 1 aromatic heterocycles. The van der Waals surface area contributed by atoms with Gasteiger partial charge in [-0.1, -0.05) is 0 Å². The number of carbonyl (C=O) groups excluding carboxylic acids is 1. The fraction of sp³-hybridized carbons (Fsp3) is 0. The molecule has 2 rings (SSSR count). The van der Waals surface area contributed by atoms with Crippen LogP contribution in [-0.2, 0) is 0 Å². The van der Waals surface area contributed by atoms with Crippen molar-refractivity contribution in [3.8, 4) is 5.75 Å². The first-order valence-electron chi connectivity index (χ1n) is 5.06. The number of anilines is 2. The van der Waals surface area contributed by atoms with Gasteiger partial charge in [0, 0.05) is 11.9 Å². The van der Waals surface area contributed by atoms with Gasteiger partial charge in [-0.15, -0.1) is 0 Å². The number of halogens is 1. The Balaban J connectivity index is 2.18. The van der Waals surface area contributed by atoms with Gasteiger partial charge in [0.2, 0.25) is 0 Å². The Hall–Kier alpha value is -2.63. The van der Waals surface area contributed by atoms with Gasteiger partial charge in [0.25, 0.3) is 5.91 Å². The van der Waals surface area contributed by atoms with Gasteiger partial charge in [-0.3, -0.25) is 9.78 Å². The van der Waals surface area contributed by atoms with Crippen molar-refractivity contribution in [3.05, 3.63) is 48.0 Å². The number of rotatable bonds is 2. The number of aromatic hydroxyl groups is 1. The van der Waals surface area contributed by atoms with Crippen LogP contribution in [0.4, 0.5) is 15.8 Å². The Labute approximate surface area is 102 Å². The van der Waals surface area contributed by atoms with Crippen LogP contribution in [0.15, 0.2) is 36.7 Å². The van der Waals surface area contributed by atoms with E-state index in [1.54, 1.807) is 0 Å². The Morgan fingerprint density at radius 2 is 2.11 bits per heavy atom. The minimum atomic E-state index is -0.549. The average molecular weight is 247 g/mol. The molecule has 0 atom stereocenters. The van der Waals surface area contributed by atoms with Crippen LogP contribution in [-0.4, -0.2) is 16.0 Å². The van der Waals surface area contributed by atoms with Crippen LogP contribution in [0.3, 0.4) is 0 Å². The van der Waals surface area contributed by atoms with E-state index in [0.717, 1.165) is 6.07 Å². The molecule has 0 saturated heterocycles. The van der Waals surface area contributed by atoms with Crippen LogP contribution in [0, 0.1) is 5.82 Å². The van der Waals surface area contributed by atoms with E-state index >= 15 is 0 Å². The van der Waals surface area contributed by atoms with E-state index in [9.17, 15) is 14.3 Å². The zero-order valence-electron chi connectivity index (χ0n) is 9.22. The van der Waals surface area contributed by atoms with E-state index in [2.05, 4.69) is 10.3 Å². The van der Waals surface area contributed by atoms with Gasteiger partial charge in [0.15, 0.2) is 0 Å². The van der Waals surface area contributed by atoms with Crippen molar-refractivity contribution in [1.29, 1.82) is 0 Å². The summed E-state index contributed by atoms with van der Waals surface area (Å²) in [6.45, 7) is 0. The summed E-state index contributed by atoms with van der Waals surface area (Å²) < 4.78 is 12.9. The lowest BCUT2D eigenvalue weighted by atomic mass is 10.2. The van der Waals surface area contributed by atoms with E-state index in [-0.39, 0.29) is 17.0 Å². The third-order valence-electron chi connectivity index (χ3n) is 2.24. The van der Waals surface area contributed by atoms with Gasteiger partial charge < -0.3 is 16.2 Å². The summed E-state index contributed by atoms with van der Waals surface area (Å²) in [5, 5.41) is 11.7. The van der Waals surface area contributed by atoms with Gasteiger partial charge in [0.05, 0.1) is 17.4 Å². The molecule has 0 fully saturated rings. The molecule has 4 N–H and O–H groups in total. The standard InChI is InChI=1S/C12H10FN3O2/c13-10-2-1-8(4-11(10)14)16-12(18)7-3-9(17)6-15-5-7/h1-6,17H,14H2,(H,16,18). The molecule has 0 saturated carbocycles. The van der Waals surface area contributed by atoms with Crippen LogP contribution >= 0.6 is 0 Å². The van der Waals surface area contributed by atoms with Crippen LogP contribution in [0.25, 0.3) is 0 Å². The van der Waals surface area contributed by atoms with Crippen molar-refractivity contribution in [2.45, 2.75) is 0 Å². The van der Waals surface area contributed by atoms with E-state index < -0.39 is 11.7 Å². The van der Waals surface area contributed by atoms with Gasteiger partial charge in [-0.2, -0.15) is 0 Å². The number of amides is 1. The minimum Gasteiger partial charge on any atom is -0.506 e. The van der Waals surface area contributed by atoms with Crippen molar-refractivity contribution in [2.75, 3.05) is 11.1 Å². The zero-order chi connectivity index (χ0) is 13.1. The quantitative estimate of drug-likeness (QED) is 0.705. The SMILES string of the molecule is Nc1cc(NC(=O)c2cncc(O)c2)ccc1F. The maximum atomic E-state index is 12.9. The molecule has 0 bridgehead atoms. The molecule has 0 spiro atoms. The molecule has 1 amide bonds. The van der Waals surface area contributed by atoms with Crippen molar-refractivity contribution in [3.63, 3.8) is 0 Å². The number of nitrogens with two attached hydrogens (primary N) is 1. The van der Waals surface area contributed by atoms with Gasteiger partial charge >= 0.3 is 0 Å². The summed E-state index contributed by atoms with van der Waals surface area (Å²) >= 11 is 0. The number of nitrogens with one attached hydrogen (secondary N) is 1. The third kappa shape index (κ3) is 2.54. The minimum absolute atomic E-state index is 0.0539. The highest BCUT2D eigenvalue weighted by atomic mass is 19.1. The fourth-order valence-electron chi connectivity index (χ4n) is 1.38. The predicted molar refractivity (Wildman–Crippen MR) is 64.7 cm³/mol. The van der Waals surface area contributed by atoms with Crippen molar-refractivity contribution < 1.29 is 14.3 Å². The molecule has 2 aromatic rings. The number of benzene rings is 1. The summed E-state index contributed by atoms with van der Waals surface area (Å²) in [6.07, 6.45) is 2.52. The molecule has 0 unspecified atom stereocenters. The average Bonchev–Trinajstić information content (AvgIpc) is 2.34. The predicted octanol–water partition coefficient (Wildman–Crippen LogP) is 1.76. The van der Waals surface area contributed by atoms with E-state index in [1.165, 1.54) is 30.6 Å². The van der Waals surface area contributed by atoms with Gasteiger partial charge in [0.1, 0.15) is 11.6 Å². The van der Waals surface area contributed by atoms with E-state index in [1.807, 2.05) is 0 Å². The Bertz CT molecular complexity index is 602. The third-order valence-corrected chi connectivity index (χ3v) is 2.24. The molecule has 0 aliphatic heterocycles. The number of hydrogen-bond acceptors (Lipinski definition) is 4. The maximum absolute atomic E-state index is 12.9. The second-order valence-electron chi connectivity index (χ2n) is 3.62. The molecule has 6 heteroatoms. The molecule has 1 aromatic carbocycles. The van der Waals surface area contributed by atoms with E-state index in [0.29, 0.717) is 5.69 Å². The molecule has 92 valence electrons. The molecule has 1 heterocycles. The van der Waals surface area contributed by atoms with Gasteiger partial charge in [-0.05, 0) is 24.3 Å². The second-order valence-corrected chi connectivity index (χ2v) is 3.62. The Morgan fingerprint density at radius 3 is 2.78 bits per heavy atom. The largest absolute Gasteiger partial charge is 0.506 e. The second kappa shape index (κ2) is 4.70. The Kier molecular flexibility index (Phi) is 3.09.